The topological polar surface area (TPSA) is 46.2 Å². The molecular formula is C23H36NO2. The van der Waals surface area contributed by atoms with E-state index in [1.54, 1.807) is 0 Å². The van der Waals surface area contributed by atoms with Crippen LogP contribution < -0.4 is 5.32 Å². The minimum atomic E-state index is -0.544. The molecule has 0 heterocycles. The number of nitrogens with one attached hydrogen (secondary N) is 1. The largest absolute Gasteiger partial charge is 0.345 e. The maximum absolute atomic E-state index is 12.0. The van der Waals surface area contributed by atoms with Gasteiger partial charge in [0.05, 0.1) is 6.04 Å². The first kappa shape index (κ1) is 22.4. The highest BCUT2D eigenvalue weighted by molar-refractivity contribution is 5.79. The third-order valence-corrected chi connectivity index (χ3v) is 4.77. The summed E-state index contributed by atoms with van der Waals surface area (Å²) in [4.78, 5) is 23.0. The molecule has 145 valence electrons. The van der Waals surface area contributed by atoms with Crippen molar-refractivity contribution >= 4 is 12.2 Å². The summed E-state index contributed by atoms with van der Waals surface area (Å²) < 4.78 is 0. The lowest BCUT2D eigenvalue weighted by atomic mass is 10.0. The molecule has 1 radical (unpaired) electrons. The van der Waals surface area contributed by atoms with Crippen LogP contribution >= 0.6 is 0 Å². The van der Waals surface area contributed by atoms with Crippen LogP contribution in [0.2, 0.25) is 0 Å². The van der Waals surface area contributed by atoms with Gasteiger partial charge < -0.3 is 5.32 Å². The van der Waals surface area contributed by atoms with E-state index in [-0.39, 0.29) is 5.91 Å². The molecule has 0 aliphatic rings. The minimum Gasteiger partial charge on any atom is -0.345 e. The summed E-state index contributed by atoms with van der Waals surface area (Å²) in [5, 5.41) is 2.79. The van der Waals surface area contributed by atoms with Gasteiger partial charge in [-0.3, -0.25) is 9.59 Å². The molecule has 0 saturated carbocycles. The Labute approximate surface area is 160 Å². The summed E-state index contributed by atoms with van der Waals surface area (Å²) in [6.45, 7) is 2.25. The zero-order chi connectivity index (χ0) is 18.9. The van der Waals surface area contributed by atoms with E-state index in [1.165, 1.54) is 57.8 Å². The molecule has 1 atom stereocenters. The average molecular weight is 359 g/mol. The van der Waals surface area contributed by atoms with Gasteiger partial charge in [0.15, 0.2) is 0 Å². The summed E-state index contributed by atoms with van der Waals surface area (Å²) in [5.74, 6) is -0.0368. The lowest BCUT2D eigenvalue weighted by Crippen LogP contribution is -2.37. The first-order valence-electron chi connectivity index (χ1n) is 10.5. The number of unbranched alkanes of at least 4 members (excludes halogenated alkanes) is 10. The van der Waals surface area contributed by atoms with Gasteiger partial charge >= 0.3 is 0 Å². The van der Waals surface area contributed by atoms with Crippen molar-refractivity contribution in [3.05, 3.63) is 35.9 Å². The summed E-state index contributed by atoms with van der Waals surface area (Å²) in [6, 6.07) is 9.18. The van der Waals surface area contributed by atoms with E-state index in [0.29, 0.717) is 12.8 Å². The second-order valence-corrected chi connectivity index (χ2v) is 7.21. The van der Waals surface area contributed by atoms with Crippen molar-refractivity contribution < 1.29 is 9.59 Å². The molecule has 0 aliphatic carbocycles. The van der Waals surface area contributed by atoms with Crippen molar-refractivity contribution in [1.29, 1.82) is 0 Å². The number of benzene rings is 1. The number of hydrogen-bond donors (Lipinski definition) is 1. The van der Waals surface area contributed by atoms with Crippen molar-refractivity contribution in [3.63, 3.8) is 0 Å². The zero-order valence-electron chi connectivity index (χ0n) is 16.5. The molecule has 0 spiro atoms. The second-order valence-electron chi connectivity index (χ2n) is 7.21. The minimum absolute atomic E-state index is 0.0368. The monoisotopic (exact) mass is 358 g/mol. The van der Waals surface area contributed by atoms with E-state index in [4.69, 9.17) is 0 Å². The molecule has 1 rings (SSSR count). The Morgan fingerprint density at radius 1 is 0.885 bits per heavy atom. The maximum Gasteiger partial charge on any atom is 0.223 e. The molecule has 1 amide bonds. The van der Waals surface area contributed by atoms with Gasteiger partial charge in [-0.1, -0.05) is 101 Å². The van der Waals surface area contributed by atoms with Crippen LogP contribution in [0.25, 0.3) is 0 Å². The molecule has 0 bridgehead atoms. The predicted octanol–water partition coefficient (Wildman–Crippen LogP) is 5.52. The Bertz CT molecular complexity index is 472. The third-order valence-electron chi connectivity index (χ3n) is 4.77. The van der Waals surface area contributed by atoms with Crippen LogP contribution in [0, 0.1) is 0 Å². The molecule has 1 unspecified atom stereocenters. The van der Waals surface area contributed by atoms with Crippen LogP contribution in [0.1, 0.15) is 89.5 Å². The number of carbonyl (C=O) groups excluding carboxylic acids is 2. The Morgan fingerprint density at radius 2 is 1.42 bits per heavy atom. The number of amides is 1. The van der Waals surface area contributed by atoms with Crippen molar-refractivity contribution in [2.24, 2.45) is 0 Å². The fourth-order valence-electron chi connectivity index (χ4n) is 3.19. The van der Waals surface area contributed by atoms with Gasteiger partial charge in [-0.25, -0.2) is 0 Å². The van der Waals surface area contributed by atoms with Gasteiger partial charge in [0.2, 0.25) is 12.2 Å². The van der Waals surface area contributed by atoms with Gasteiger partial charge in [0.1, 0.15) is 0 Å². The molecule has 3 heteroatoms. The van der Waals surface area contributed by atoms with E-state index >= 15 is 0 Å². The van der Waals surface area contributed by atoms with Crippen LogP contribution in [-0.2, 0) is 16.0 Å². The van der Waals surface area contributed by atoms with Gasteiger partial charge in [0.25, 0.3) is 0 Å². The van der Waals surface area contributed by atoms with Crippen LogP contribution in [0.4, 0.5) is 0 Å². The first-order valence-corrected chi connectivity index (χ1v) is 10.5. The molecule has 1 aromatic rings. The summed E-state index contributed by atoms with van der Waals surface area (Å²) >= 11 is 0. The Morgan fingerprint density at radius 3 is 1.96 bits per heavy atom. The Balaban J connectivity index is 1.99. The zero-order valence-corrected chi connectivity index (χ0v) is 16.5. The molecule has 0 fully saturated rings. The van der Waals surface area contributed by atoms with Crippen molar-refractivity contribution in [3.8, 4) is 0 Å². The highest BCUT2D eigenvalue weighted by Crippen LogP contribution is 2.12. The van der Waals surface area contributed by atoms with E-state index in [1.807, 2.05) is 36.6 Å². The SMILES string of the molecule is CCCCCCCCCCCCCC(=O)NC([C]=O)Cc1ccccc1. The number of carbonyl (C=O) groups is 1. The second kappa shape index (κ2) is 15.6. The Kier molecular flexibility index (Phi) is 13.4. The molecule has 1 N–H and O–H groups in total. The van der Waals surface area contributed by atoms with Crippen LogP contribution in [0.15, 0.2) is 30.3 Å². The molecule has 26 heavy (non-hydrogen) atoms. The van der Waals surface area contributed by atoms with Gasteiger partial charge in [0, 0.05) is 12.8 Å². The first-order chi connectivity index (χ1) is 12.8. The quantitative estimate of drug-likeness (QED) is 0.395. The number of rotatable bonds is 16. The van der Waals surface area contributed by atoms with E-state index in [9.17, 15) is 9.59 Å². The standard InChI is InChI=1S/C23H36NO2/c1-2-3-4-5-6-7-8-9-10-11-15-18-23(26)24-22(20-25)19-21-16-13-12-14-17-21/h12-14,16-17,22H,2-11,15,18-19H2,1H3,(H,24,26). The van der Waals surface area contributed by atoms with Gasteiger partial charge in [-0.05, 0) is 12.0 Å². The molecule has 1 aromatic carbocycles. The van der Waals surface area contributed by atoms with E-state index in [2.05, 4.69) is 12.2 Å². The molecule has 0 aromatic heterocycles. The van der Waals surface area contributed by atoms with Crippen molar-refractivity contribution in [2.75, 3.05) is 0 Å². The summed E-state index contributed by atoms with van der Waals surface area (Å²) in [6.07, 6.45) is 16.9. The summed E-state index contributed by atoms with van der Waals surface area (Å²) in [7, 11) is 0. The molecular weight excluding hydrogens is 322 g/mol. The van der Waals surface area contributed by atoms with Gasteiger partial charge in [-0.15, -0.1) is 0 Å². The van der Waals surface area contributed by atoms with Crippen molar-refractivity contribution in [2.45, 2.75) is 96.4 Å². The average Bonchev–Trinajstić information content (AvgIpc) is 2.66. The van der Waals surface area contributed by atoms with E-state index < -0.39 is 6.04 Å². The number of hydrogen-bond acceptors (Lipinski definition) is 2. The fraction of sp³-hybridized carbons (Fsp3) is 0.652. The highest BCUT2D eigenvalue weighted by Gasteiger charge is 2.12. The lowest BCUT2D eigenvalue weighted by molar-refractivity contribution is -0.121. The highest BCUT2D eigenvalue weighted by atomic mass is 16.2. The van der Waals surface area contributed by atoms with Gasteiger partial charge in [-0.2, -0.15) is 0 Å². The van der Waals surface area contributed by atoms with Crippen molar-refractivity contribution in [1.82, 2.24) is 5.32 Å². The smallest absolute Gasteiger partial charge is 0.223 e. The third kappa shape index (κ3) is 11.8. The Hall–Kier alpha value is -1.64. The van der Waals surface area contributed by atoms with Crippen LogP contribution in [0.5, 0.6) is 0 Å². The molecule has 0 aliphatic heterocycles. The lowest BCUT2D eigenvalue weighted by Gasteiger charge is -2.12. The normalized spacial score (nSPS) is 11.9. The fourth-order valence-corrected chi connectivity index (χ4v) is 3.19. The van der Waals surface area contributed by atoms with E-state index in [0.717, 1.165) is 18.4 Å². The molecule has 3 nitrogen and oxygen atoms in total. The molecule has 0 saturated heterocycles. The van der Waals surface area contributed by atoms with Crippen LogP contribution in [-0.4, -0.2) is 18.2 Å². The predicted molar refractivity (Wildman–Crippen MR) is 109 cm³/mol. The summed E-state index contributed by atoms with van der Waals surface area (Å²) in [5.41, 5.74) is 1.04. The van der Waals surface area contributed by atoms with Crippen LogP contribution in [0.3, 0.4) is 0 Å². The maximum atomic E-state index is 12.0.